The average molecular weight is 372 g/mol. The highest BCUT2D eigenvalue weighted by Crippen LogP contribution is 2.17. The molecule has 1 aromatic carbocycles. The largest absolute Gasteiger partial charge is 0.444 e. The molecule has 7 nitrogen and oxygen atoms in total. The highest BCUT2D eigenvalue weighted by molar-refractivity contribution is 5.92. The molecule has 27 heavy (non-hydrogen) atoms. The van der Waals surface area contributed by atoms with Crippen LogP contribution in [-0.2, 0) is 9.53 Å². The van der Waals surface area contributed by atoms with E-state index in [0.717, 1.165) is 25.8 Å². The number of amides is 2. The van der Waals surface area contributed by atoms with E-state index in [2.05, 4.69) is 21.6 Å². The van der Waals surface area contributed by atoms with E-state index >= 15 is 0 Å². The summed E-state index contributed by atoms with van der Waals surface area (Å²) >= 11 is 0. The number of nitrogens with zero attached hydrogens (tertiary/aromatic N) is 2. The first-order valence-corrected chi connectivity index (χ1v) is 9.28. The Morgan fingerprint density at radius 2 is 2.11 bits per heavy atom. The van der Waals surface area contributed by atoms with E-state index < -0.39 is 11.7 Å². The first-order chi connectivity index (χ1) is 12.8. The van der Waals surface area contributed by atoms with E-state index in [9.17, 15) is 9.59 Å². The Balaban J connectivity index is 1.87. The number of rotatable bonds is 5. The van der Waals surface area contributed by atoms with Crippen LogP contribution in [0.5, 0.6) is 0 Å². The van der Waals surface area contributed by atoms with Crippen LogP contribution in [0.3, 0.4) is 0 Å². The Morgan fingerprint density at radius 3 is 2.81 bits per heavy atom. The van der Waals surface area contributed by atoms with Crippen LogP contribution >= 0.6 is 0 Å². The lowest BCUT2D eigenvalue weighted by Gasteiger charge is -2.35. The molecule has 0 aromatic heterocycles. The SMILES string of the molecule is CC(C)(C)OC(=O)NCC1CCCCN1CC(=O)Nc1cccc(C#N)c1. The van der Waals surface area contributed by atoms with Crippen molar-refractivity contribution in [2.24, 2.45) is 0 Å². The maximum atomic E-state index is 12.4. The molecule has 1 aliphatic rings. The molecule has 1 aliphatic heterocycles. The van der Waals surface area contributed by atoms with Crippen molar-refractivity contribution in [3.05, 3.63) is 29.8 Å². The number of hydrogen-bond donors (Lipinski definition) is 2. The van der Waals surface area contributed by atoms with Gasteiger partial charge in [-0.05, 0) is 58.4 Å². The highest BCUT2D eigenvalue weighted by Gasteiger charge is 2.25. The van der Waals surface area contributed by atoms with Gasteiger partial charge in [-0.25, -0.2) is 4.79 Å². The first kappa shape index (κ1) is 20.7. The topological polar surface area (TPSA) is 94.5 Å². The molecule has 7 heteroatoms. The lowest BCUT2D eigenvalue weighted by molar-refractivity contribution is -0.118. The van der Waals surface area contributed by atoms with Gasteiger partial charge in [-0.1, -0.05) is 12.5 Å². The summed E-state index contributed by atoms with van der Waals surface area (Å²) in [6.07, 6.45) is 2.58. The maximum absolute atomic E-state index is 12.4. The van der Waals surface area contributed by atoms with Gasteiger partial charge >= 0.3 is 6.09 Å². The highest BCUT2D eigenvalue weighted by atomic mass is 16.6. The van der Waals surface area contributed by atoms with Gasteiger partial charge in [-0.15, -0.1) is 0 Å². The van der Waals surface area contributed by atoms with Crippen LogP contribution in [0.25, 0.3) is 0 Å². The molecule has 1 heterocycles. The van der Waals surface area contributed by atoms with Crippen LogP contribution in [0.15, 0.2) is 24.3 Å². The molecule has 1 atom stereocenters. The van der Waals surface area contributed by atoms with Gasteiger partial charge in [-0.2, -0.15) is 5.26 Å². The van der Waals surface area contributed by atoms with E-state index in [1.807, 2.05) is 20.8 Å². The van der Waals surface area contributed by atoms with Crippen LogP contribution < -0.4 is 10.6 Å². The fourth-order valence-electron chi connectivity index (χ4n) is 3.07. The second-order valence-corrected chi connectivity index (χ2v) is 7.74. The number of ether oxygens (including phenoxy) is 1. The first-order valence-electron chi connectivity index (χ1n) is 9.28. The quantitative estimate of drug-likeness (QED) is 0.829. The van der Waals surface area contributed by atoms with Crippen LogP contribution in [0.4, 0.5) is 10.5 Å². The third kappa shape index (κ3) is 7.27. The van der Waals surface area contributed by atoms with Crippen molar-refractivity contribution in [2.75, 3.05) is 25.0 Å². The van der Waals surface area contributed by atoms with Crippen LogP contribution in [0, 0.1) is 11.3 Å². The van der Waals surface area contributed by atoms with Crippen molar-refractivity contribution in [1.82, 2.24) is 10.2 Å². The third-order valence-corrected chi connectivity index (χ3v) is 4.25. The van der Waals surface area contributed by atoms with Crippen LogP contribution in [-0.4, -0.2) is 48.2 Å². The molecule has 1 aromatic rings. The third-order valence-electron chi connectivity index (χ3n) is 4.25. The Labute approximate surface area is 160 Å². The van der Waals surface area contributed by atoms with Crippen molar-refractivity contribution < 1.29 is 14.3 Å². The Bertz CT molecular complexity index is 706. The van der Waals surface area contributed by atoms with Crippen LogP contribution in [0.2, 0.25) is 0 Å². The number of benzene rings is 1. The minimum absolute atomic E-state index is 0.0995. The van der Waals surface area contributed by atoms with Crippen molar-refractivity contribution in [3.8, 4) is 6.07 Å². The van der Waals surface area contributed by atoms with Crippen molar-refractivity contribution in [2.45, 2.75) is 51.7 Å². The van der Waals surface area contributed by atoms with Gasteiger partial charge in [0.2, 0.25) is 5.91 Å². The maximum Gasteiger partial charge on any atom is 0.407 e. The number of likely N-dealkylation sites (tertiary alicyclic amines) is 1. The molecule has 0 aliphatic carbocycles. The summed E-state index contributed by atoms with van der Waals surface area (Å²) in [5.74, 6) is -0.130. The fraction of sp³-hybridized carbons (Fsp3) is 0.550. The zero-order chi connectivity index (χ0) is 19.9. The molecule has 0 spiro atoms. The van der Waals surface area contributed by atoms with E-state index in [1.165, 1.54) is 0 Å². The zero-order valence-corrected chi connectivity index (χ0v) is 16.2. The molecular weight excluding hydrogens is 344 g/mol. The van der Waals surface area contributed by atoms with Gasteiger partial charge in [0.25, 0.3) is 0 Å². The average Bonchev–Trinajstić information content (AvgIpc) is 2.59. The number of alkyl carbamates (subject to hydrolysis) is 1. The van der Waals surface area contributed by atoms with Crippen LogP contribution in [0.1, 0.15) is 45.6 Å². The summed E-state index contributed by atoms with van der Waals surface area (Å²) in [5, 5.41) is 14.6. The van der Waals surface area contributed by atoms with Gasteiger partial charge in [0.1, 0.15) is 5.60 Å². The number of hydrogen-bond acceptors (Lipinski definition) is 5. The molecule has 2 N–H and O–H groups in total. The lowest BCUT2D eigenvalue weighted by atomic mass is 10.0. The predicted molar refractivity (Wildman–Crippen MR) is 103 cm³/mol. The standard InChI is InChI=1S/C20H28N4O3/c1-20(2,3)27-19(26)22-13-17-9-4-5-10-24(17)14-18(25)23-16-8-6-7-15(11-16)12-21/h6-8,11,17H,4-5,9-10,13-14H2,1-3H3,(H,22,26)(H,23,25). The van der Waals surface area contributed by atoms with Gasteiger partial charge in [0, 0.05) is 18.3 Å². The molecule has 2 amide bonds. The Morgan fingerprint density at radius 1 is 1.33 bits per heavy atom. The lowest BCUT2D eigenvalue weighted by Crippen LogP contribution is -2.49. The minimum Gasteiger partial charge on any atom is -0.444 e. The van der Waals surface area contributed by atoms with Crippen molar-refractivity contribution in [3.63, 3.8) is 0 Å². The number of carbonyl (C=O) groups is 2. The smallest absolute Gasteiger partial charge is 0.407 e. The summed E-state index contributed by atoms with van der Waals surface area (Å²) in [4.78, 5) is 26.4. The van der Waals surface area contributed by atoms with E-state index in [0.29, 0.717) is 17.8 Å². The Hall–Kier alpha value is -2.59. The van der Waals surface area contributed by atoms with Gasteiger partial charge in [0.15, 0.2) is 0 Å². The summed E-state index contributed by atoms with van der Waals surface area (Å²) in [5.41, 5.74) is 0.582. The second kappa shape index (κ2) is 9.38. The Kier molecular flexibility index (Phi) is 7.19. The monoisotopic (exact) mass is 372 g/mol. The molecule has 146 valence electrons. The van der Waals surface area contributed by atoms with Crippen molar-refractivity contribution in [1.29, 1.82) is 5.26 Å². The number of anilines is 1. The molecular formula is C20H28N4O3. The van der Waals surface area contributed by atoms with E-state index in [1.54, 1.807) is 24.3 Å². The second-order valence-electron chi connectivity index (χ2n) is 7.74. The molecule has 1 saturated heterocycles. The molecule has 0 saturated carbocycles. The summed E-state index contributed by atoms with van der Waals surface area (Å²) in [6, 6.07) is 9.00. The van der Waals surface area contributed by atoms with Crippen molar-refractivity contribution >= 4 is 17.7 Å². The predicted octanol–water partition coefficient (Wildman–Crippen LogP) is 2.88. The number of carbonyl (C=O) groups excluding carboxylic acids is 2. The van der Waals surface area contributed by atoms with E-state index in [4.69, 9.17) is 10.00 Å². The summed E-state index contributed by atoms with van der Waals surface area (Å²) in [7, 11) is 0. The number of piperidine rings is 1. The zero-order valence-electron chi connectivity index (χ0n) is 16.2. The van der Waals surface area contributed by atoms with E-state index in [-0.39, 0.29) is 18.5 Å². The minimum atomic E-state index is -0.534. The van der Waals surface area contributed by atoms with Gasteiger partial charge in [0.05, 0.1) is 18.2 Å². The number of nitrogens with one attached hydrogen (secondary N) is 2. The molecule has 2 rings (SSSR count). The van der Waals surface area contributed by atoms with Gasteiger partial charge < -0.3 is 15.4 Å². The molecule has 1 unspecified atom stereocenters. The molecule has 0 bridgehead atoms. The fourth-order valence-corrected chi connectivity index (χ4v) is 3.07. The molecule has 1 fully saturated rings. The van der Waals surface area contributed by atoms with Gasteiger partial charge in [-0.3, -0.25) is 9.69 Å². The normalized spacial score (nSPS) is 17.6. The molecule has 0 radical (unpaired) electrons. The summed E-state index contributed by atoms with van der Waals surface area (Å²) in [6.45, 7) is 6.98. The number of nitriles is 1. The summed E-state index contributed by atoms with van der Waals surface area (Å²) < 4.78 is 5.27.